The summed E-state index contributed by atoms with van der Waals surface area (Å²) in [5, 5.41) is 24.3. The zero-order chi connectivity index (χ0) is 25.3. The highest BCUT2D eigenvalue weighted by Gasteiger charge is 2.92. The predicted molar refractivity (Wildman–Crippen MR) is 122 cm³/mol. The Bertz CT molecular complexity index is 1020. The summed E-state index contributed by atoms with van der Waals surface area (Å²) in [5.41, 5.74) is -8.36. The summed E-state index contributed by atoms with van der Waals surface area (Å²) in [5.74, 6) is -3.07. The molecule has 0 spiro atoms. The zero-order valence-electron chi connectivity index (χ0n) is 21.2. The third kappa shape index (κ3) is 2.25. The van der Waals surface area contributed by atoms with Crippen molar-refractivity contribution in [1.82, 2.24) is 0 Å². The first-order valence-corrected chi connectivity index (χ1v) is 12.7. The van der Waals surface area contributed by atoms with Gasteiger partial charge < -0.3 is 19.7 Å². The zero-order valence-corrected chi connectivity index (χ0v) is 21.2. The van der Waals surface area contributed by atoms with Crippen LogP contribution in [0.4, 0.5) is 0 Å². The molecule has 2 N–H and O–H groups in total. The number of carbonyl (C=O) groups excluding carboxylic acids is 3. The van der Waals surface area contributed by atoms with E-state index in [-0.39, 0.29) is 36.9 Å². The maximum atomic E-state index is 14.2. The Morgan fingerprint density at radius 1 is 1.12 bits per heavy atom. The van der Waals surface area contributed by atoms with Crippen LogP contribution in [0, 0.1) is 34.5 Å². The summed E-state index contributed by atoms with van der Waals surface area (Å²) in [7, 11) is 0. The highest BCUT2D eigenvalue weighted by molar-refractivity contribution is 6.02. The van der Waals surface area contributed by atoms with Crippen LogP contribution in [0.2, 0.25) is 0 Å². The van der Waals surface area contributed by atoms with Crippen LogP contribution in [0.25, 0.3) is 0 Å². The summed E-state index contributed by atoms with van der Waals surface area (Å²) in [6.45, 7) is 14.8. The minimum absolute atomic E-state index is 0.0488. The molecule has 3 saturated carbocycles. The van der Waals surface area contributed by atoms with Crippen LogP contribution in [0.1, 0.15) is 80.1 Å². The molecule has 5 aliphatic rings. The van der Waals surface area contributed by atoms with E-state index in [1.807, 2.05) is 13.8 Å². The smallest absolute Gasteiger partial charge is 0.316 e. The molecule has 7 nitrogen and oxygen atoms in total. The second kappa shape index (κ2) is 6.52. The van der Waals surface area contributed by atoms with Gasteiger partial charge in [-0.3, -0.25) is 14.4 Å². The van der Waals surface area contributed by atoms with E-state index in [2.05, 4.69) is 6.58 Å². The van der Waals surface area contributed by atoms with Crippen LogP contribution < -0.4 is 0 Å². The number of fused-ring (bicyclic) bond motifs is 7. The largest absolute Gasteiger partial charge is 0.459 e. The van der Waals surface area contributed by atoms with Crippen molar-refractivity contribution in [3.63, 3.8) is 0 Å². The molecule has 0 aromatic rings. The lowest BCUT2D eigenvalue weighted by Gasteiger charge is -2.54. The van der Waals surface area contributed by atoms with E-state index >= 15 is 0 Å². The van der Waals surface area contributed by atoms with Crippen molar-refractivity contribution < 1.29 is 34.1 Å². The van der Waals surface area contributed by atoms with Gasteiger partial charge in [-0.15, -0.1) is 0 Å². The Hall–Kier alpha value is -1.73. The third-order valence-corrected chi connectivity index (χ3v) is 10.8. The van der Waals surface area contributed by atoms with Crippen molar-refractivity contribution in [2.75, 3.05) is 0 Å². The highest BCUT2D eigenvalue weighted by Crippen LogP contribution is 2.76. The second-order valence-electron chi connectivity index (χ2n) is 12.7. The average molecular weight is 475 g/mol. The van der Waals surface area contributed by atoms with Gasteiger partial charge in [0.1, 0.15) is 22.0 Å². The van der Waals surface area contributed by atoms with Gasteiger partial charge in [-0.1, -0.05) is 26.0 Å². The average Bonchev–Trinajstić information content (AvgIpc) is 3.32. The van der Waals surface area contributed by atoms with Crippen molar-refractivity contribution in [3.8, 4) is 0 Å². The first kappa shape index (κ1) is 24.0. The molecule has 4 bridgehead atoms. The van der Waals surface area contributed by atoms with Gasteiger partial charge in [0, 0.05) is 24.2 Å². The summed E-state index contributed by atoms with van der Waals surface area (Å²) in [6, 6.07) is 0. The molecule has 0 amide bonds. The Labute approximate surface area is 201 Å². The molecular formula is C27H38O7. The van der Waals surface area contributed by atoms with Crippen LogP contribution >= 0.6 is 0 Å². The van der Waals surface area contributed by atoms with Gasteiger partial charge in [-0.05, 0) is 65.7 Å². The van der Waals surface area contributed by atoms with E-state index in [9.17, 15) is 24.6 Å². The highest BCUT2D eigenvalue weighted by atomic mass is 16.6. The topological polar surface area (TPSA) is 110 Å². The third-order valence-electron chi connectivity index (χ3n) is 10.8. The standard InChI is InChI=1S/C27H38O7/c1-8-15(4)19(28)26-17(14(2)3)11-22(5,20(29)34-26)27(26,32)25-12-18-16(9-10-23(18,6)31)24(7,13-25)33-21(25)30/h15-18,31-32H,2,8-13H2,1,3-7H3/t15-,16+,17+,18-,22-,23+,24-,25+,26+,27+/m0/s1. The molecular weight excluding hydrogens is 436 g/mol. The summed E-state index contributed by atoms with van der Waals surface area (Å²) < 4.78 is 12.1. The first-order chi connectivity index (χ1) is 15.6. The van der Waals surface area contributed by atoms with Crippen LogP contribution in [-0.2, 0) is 23.9 Å². The molecule has 2 aliphatic heterocycles. The lowest BCUT2D eigenvalue weighted by molar-refractivity contribution is -0.215. The number of hydrogen-bond donors (Lipinski definition) is 2. The first-order valence-electron chi connectivity index (χ1n) is 12.7. The predicted octanol–water partition coefficient (Wildman–Crippen LogP) is 3.10. The maximum Gasteiger partial charge on any atom is 0.316 e. The maximum absolute atomic E-state index is 14.2. The minimum atomic E-state index is -2.12. The molecule has 5 fully saturated rings. The van der Waals surface area contributed by atoms with Crippen LogP contribution in [0.5, 0.6) is 0 Å². The fourth-order valence-electron chi connectivity index (χ4n) is 8.89. The van der Waals surface area contributed by atoms with Gasteiger partial charge >= 0.3 is 11.9 Å². The normalized spacial score (nSPS) is 53.9. The molecule has 0 radical (unpaired) electrons. The molecule has 0 unspecified atom stereocenters. The van der Waals surface area contributed by atoms with Crippen molar-refractivity contribution in [3.05, 3.63) is 12.2 Å². The lowest BCUT2D eigenvalue weighted by Crippen LogP contribution is -2.71. The molecule has 188 valence electrons. The quantitative estimate of drug-likeness (QED) is 0.465. The molecule has 0 aromatic heterocycles. The number of hydrogen-bond acceptors (Lipinski definition) is 7. The van der Waals surface area contributed by atoms with Crippen LogP contribution in [0.3, 0.4) is 0 Å². The minimum Gasteiger partial charge on any atom is -0.459 e. The van der Waals surface area contributed by atoms with E-state index in [4.69, 9.17) is 9.47 Å². The Morgan fingerprint density at radius 2 is 1.76 bits per heavy atom. The second-order valence-corrected chi connectivity index (χ2v) is 12.7. The Morgan fingerprint density at radius 3 is 2.35 bits per heavy atom. The van der Waals surface area contributed by atoms with Gasteiger partial charge in [0.15, 0.2) is 5.78 Å². The summed E-state index contributed by atoms with van der Waals surface area (Å²) >= 11 is 0. The molecule has 2 saturated heterocycles. The van der Waals surface area contributed by atoms with Crippen LogP contribution in [-0.4, -0.2) is 50.3 Å². The van der Waals surface area contributed by atoms with Gasteiger partial charge in [-0.25, -0.2) is 0 Å². The van der Waals surface area contributed by atoms with Crippen molar-refractivity contribution in [1.29, 1.82) is 0 Å². The number of ketones is 1. The Kier molecular flexibility index (Phi) is 4.60. The summed E-state index contributed by atoms with van der Waals surface area (Å²) in [6.07, 6.45) is 2.31. The molecule has 34 heavy (non-hydrogen) atoms. The molecule has 10 atom stereocenters. The van der Waals surface area contributed by atoms with Gasteiger partial charge in [-0.2, -0.15) is 0 Å². The monoisotopic (exact) mass is 474 g/mol. The fourth-order valence-corrected chi connectivity index (χ4v) is 8.89. The number of esters is 2. The lowest BCUT2D eigenvalue weighted by atomic mass is 9.48. The van der Waals surface area contributed by atoms with Crippen molar-refractivity contribution in [2.24, 2.45) is 34.5 Å². The number of aliphatic hydroxyl groups is 2. The Balaban J connectivity index is 1.79. The SMILES string of the molecule is C=C(C)[C@H]1C[C@@]2(C)C(=O)O[C@]1(C(=O)[C@@H](C)CC)[C@]2(O)[C@]12C[C@H]3[C@@H](CC[C@@]3(C)O)[C@](C)(C1)OC2=O. The fraction of sp³-hybridized carbons (Fsp3) is 0.815. The number of ether oxygens (including phenoxy) is 2. The van der Waals surface area contributed by atoms with E-state index in [0.717, 1.165) is 0 Å². The molecule has 7 heteroatoms. The number of carbonyl (C=O) groups is 3. The number of Topliss-reactive ketones (excluding diaryl/α,β-unsaturated/α-hetero) is 1. The molecule has 5 rings (SSSR count). The van der Waals surface area contributed by atoms with E-state index in [0.29, 0.717) is 24.8 Å². The molecule has 2 heterocycles. The van der Waals surface area contributed by atoms with Crippen LogP contribution in [0.15, 0.2) is 12.2 Å². The number of rotatable bonds is 5. The summed E-state index contributed by atoms with van der Waals surface area (Å²) in [4.78, 5) is 41.5. The molecule has 3 aliphatic carbocycles. The van der Waals surface area contributed by atoms with E-state index < -0.39 is 57.0 Å². The van der Waals surface area contributed by atoms with E-state index in [1.165, 1.54) is 0 Å². The van der Waals surface area contributed by atoms with E-state index in [1.54, 1.807) is 27.7 Å². The molecule has 0 aromatic carbocycles. The van der Waals surface area contributed by atoms with Gasteiger partial charge in [0.25, 0.3) is 0 Å². The van der Waals surface area contributed by atoms with Gasteiger partial charge in [0.05, 0.1) is 5.60 Å². The van der Waals surface area contributed by atoms with Gasteiger partial charge in [0.2, 0.25) is 5.60 Å². The van der Waals surface area contributed by atoms with Crippen molar-refractivity contribution in [2.45, 2.75) is 102 Å². The van der Waals surface area contributed by atoms with Crippen molar-refractivity contribution >= 4 is 17.7 Å².